The van der Waals surface area contributed by atoms with E-state index in [0.717, 1.165) is 12.8 Å². The van der Waals surface area contributed by atoms with Gasteiger partial charge < -0.3 is 25.2 Å². The Labute approximate surface area is 244 Å². The predicted octanol–water partition coefficient (Wildman–Crippen LogP) is 4.71. The monoisotopic (exact) mass is 701 g/mol. The molecular weight excluding hydrogens is 652 g/mol. The van der Waals surface area contributed by atoms with Gasteiger partial charge in [0.25, 0.3) is 0 Å². The van der Waals surface area contributed by atoms with Crippen LogP contribution in [0.3, 0.4) is 0 Å². The van der Waals surface area contributed by atoms with Crippen molar-refractivity contribution in [2.75, 3.05) is 0 Å². The molecule has 0 aliphatic carbocycles. The number of cyclic esters (lactones) is 1. The maximum atomic E-state index is 12.5. The third-order valence-electron chi connectivity index (χ3n) is 7.21. The maximum absolute atomic E-state index is 12.5. The van der Waals surface area contributed by atoms with Gasteiger partial charge in [-0.1, -0.05) is 71.6 Å². The van der Waals surface area contributed by atoms with Crippen molar-refractivity contribution in [3.05, 3.63) is 67.7 Å². The zero-order valence-electron chi connectivity index (χ0n) is 23.6. The van der Waals surface area contributed by atoms with Gasteiger partial charge in [0.15, 0.2) is 0 Å². The van der Waals surface area contributed by atoms with E-state index in [-0.39, 0.29) is 57.1 Å². The standard InChI is InChI=1S/C31H49O6.W/c1-7-8-12-23(4)31-25(6)28(34)18-15-21(2)19-24(5)30(36)22(3)16-17-27(33)20-26(32)13-10-9-11-14-29(35)37-31;/h7-14,16-17,21-28,30-34,36H,1,15,18-20H2,2-6H3;/q-1;/b10-9+,12-8-,14-11-,17-16-;/t21-,22-,23-,24-,25-,26+,27+,28?,30-,31-;/m0./s1. The molecule has 4 N–H and O–H groups in total. The van der Waals surface area contributed by atoms with Crippen LogP contribution < -0.4 is 0 Å². The SMILES string of the molecule is C=C/C=C\[C@H](C)[C@@H]1OC(=O)/C=C\C=C\[CH-][C@@H](O)C[C@H](O)/C=C\[C@H](C)[C@H](O)[C@@H](C)C[C@@H](C)CCC(O)[C@@H]1C.[W]. The van der Waals surface area contributed by atoms with Gasteiger partial charge in [0, 0.05) is 51.0 Å². The molecule has 38 heavy (non-hydrogen) atoms. The molecule has 0 amide bonds. The molecule has 216 valence electrons. The summed E-state index contributed by atoms with van der Waals surface area (Å²) in [5.74, 6) is -0.754. The summed E-state index contributed by atoms with van der Waals surface area (Å²) in [6.07, 6.45) is 15.2. The van der Waals surface area contributed by atoms with Crippen LogP contribution in [0.2, 0.25) is 0 Å². The van der Waals surface area contributed by atoms with Crippen molar-refractivity contribution in [1.82, 2.24) is 0 Å². The molecule has 0 radical (unpaired) electrons. The number of aliphatic hydroxyl groups excluding tert-OH is 4. The van der Waals surface area contributed by atoms with E-state index in [0.29, 0.717) is 6.42 Å². The minimum Gasteiger partial charge on any atom is -0.458 e. The fourth-order valence-corrected chi connectivity index (χ4v) is 4.79. The second-order valence-electron chi connectivity index (χ2n) is 10.7. The first-order valence-corrected chi connectivity index (χ1v) is 13.5. The minimum absolute atomic E-state index is 0. The van der Waals surface area contributed by atoms with Gasteiger partial charge >= 0.3 is 5.97 Å². The Kier molecular flexibility index (Phi) is 18.9. The van der Waals surface area contributed by atoms with Crippen molar-refractivity contribution in [2.45, 2.75) is 90.8 Å². The molecule has 0 saturated carbocycles. The Bertz CT molecular complexity index is 791. The fraction of sp³-hybridized carbons (Fsp3) is 0.613. The van der Waals surface area contributed by atoms with Crippen LogP contribution >= 0.6 is 0 Å². The molecular formula is C31H49O6W-. The van der Waals surface area contributed by atoms with E-state index in [1.165, 1.54) is 18.6 Å². The number of hydrogen-bond donors (Lipinski definition) is 4. The molecule has 10 atom stereocenters. The van der Waals surface area contributed by atoms with Gasteiger partial charge in [-0.3, -0.25) is 0 Å². The molecule has 1 unspecified atom stereocenters. The van der Waals surface area contributed by atoms with Crippen molar-refractivity contribution < 1.29 is 51.0 Å². The summed E-state index contributed by atoms with van der Waals surface area (Å²) in [6, 6.07) is 0. The van der Waals surface area contributed by atoms with E-state index >= 15 is 0 Å². The molecule has 1 aliphatic rings. The van der Waals surface area contributed by atoms with Crippen LogP contribution in [0.5, 0.6) is 0 Å². The van der Waals surface area contributed by atoms with Gasteiger partial charge in [-0.05, 0) is 37.5 Å². The summed E-state index contributed by atoms with van der Waals surface area (Å²) in [5, 5.41) is 42.2. The van der Waals surface area contributed by atoms with Gasteiger partial charge in [-0.2, -0.15) is 0 Å². The van der Waals surface area contributed by atoms with Crippen LogP contribution in [0.15, 0.2) is 61.3 Å². The summed E-state index contributed by atoms with van der Waals surface area (Å²) in [4.78, 5) is 12.5. The number of ether oxygens (including phenoxy) is 1. The average Bonchev–Trinajstić information content (AvgIpc) is 2.85. The quantitative estimate of drug-likeness (QED) is 0.147. The van der Waals surface area contributed by atoms with Crippen LogP contribution in [-0.2, 0) is 30.6 Å². The number of carbonyl (C=O) groups is 1. The van der Waals surface area contributed by atoms with Crippen LogP contribution in [-0.4, -0.2) is 56.9 Å². The number of esters is 1. The van der Waals surface area contributed by atoms with Crippen molar-refractivity contribution in [3.8, 4) is 0 Å². The Hall–Kier alpha value is -1.43. The first kappa shape index (κ1) is 36.6. The summed E-state index contributed by atoms with van der Waals surface area (Å²) in [5.41, 5.74) is 0. The zero-order valence-corrected chi connectivity index (χ0v) is 26.5. The van der Waals surface area contributed by atoms with Crippen LogP contribution in [0.25, 0.3) is 0 Å². The number of aliphatic hydroxyl groups is 4. The van der Waals surface area contributed by atoms with Crippen molar-refractivity contribution >= 4 is 5.97 Å². The largest absolute Gasteiger partial charge is 0.458 e. The van der Waals surface area contributed by atoms with Gasteiger partial charge in [0.1, 0.15) is 6.10 Å². The summed E-state index contributed by atoms with van der Waals surface area (Å²) >= 11 is 0. The molecule has 0 aromatic carbocycles. The van der Waals surface area contributed by atoms with E-state index in [4.69, 9.17) is 4.74 Å². The first-order valence-electron chi connectivity index (χ1n) is 13.5. The van der Waals surface area contributed by atoms with Crippen LogP contribution in [0.1, 0.15) is 60.3 Å². The number of rotatable bonds is 3. The number of allylic oxidation sites excluding steroid dienone is 4. The Balaban J connectivity index is 0.0000137. The molecule has 7 heteroatoms. The molecule has 0 bridgehead atoms. The third-order valence-corrected chi connectivity index (χ3v) is 7.21. The first-order chi connectivity index (χ1) is 17.5. The van der Waals surface area contributed by atoms with Crippen LogP contribution in [0, 0.1) is 36.0 Å². The zero-order chi connectivity index (χ0) is 28.0. The summed E-state index contributed by atoms with van der Waals surface area (Å²) in [6.45, 7) is 13.6. The number of carbonyl (C=O) groups excluding carboxylic acids is 1. The Morgan fingerprint density at radius 2 is 1.74 bits per heavy atom. The topological polar surface area (TPSA) is 107 Å². The van der Waals surface area contributed by atoms with E-state index < -0.39 is 36.5 Å². The normalized spacial score (nSPS) is 38.2. The van der Waals surface area contributed by atoms with E-state index in [9.17, 15) is 25.2 Å². The minimum atomic E-state index is -0.863. The van der Waals surface area contributed by atoms with Crippen molar-refractivity contribution in [1.29, 1.82) is 0 Å². The van der Waals surface area contributed by atoms with E-state index in [1.807, 2.05) is 33.8 Å². The summed E-state index contributed by atoms with van der Waals surface area (Å²) in [7, 11) is 0. The molecule has 6 nitrogen and oxygen atoms in total. The summed E-state index contributed by atoms with van der Waals surface area (Å²) < 4.78 is 5.77. The molecule has 1 rings (SSSR count). The van der Waals surface area contributed by atoms with E-state index in [2.05, 4.69) is 13.5 Å². The Morgan fingerprint density at radius 1 is 1.05 bits per heavy atom. The van der Waals surface area contributed by atoms with Crippen molar-refractivity contribution in [3.63, 3.8) is 0 Å². The Morgan fingerprint density at radius 3 is 2.39 bits per heavy atom. The van der Waals surface area contributed by atoms with Gasteiger partial charge in [-0.15, -0.1) is 6.08 Å². The molecule has 0 fully saturated rings. The number of hydrogen-bond acceptors (Lipinski definition) is 6. The predicted molar refractivity (Wildman–Crippen MR) is 149 cm³/mol. The second kappa shape index (κ2) is 19.6. The average molecular weight is 702 g/mol. The molecule has 0 saturated heterocycles. The third kappa shape index (κ3) is 14.1. The van der Waals surface area contributed by atoms with E-state index in [1.54, 1.807) is 36.5 Å². The maximum Gasteiger partial charge on any atom is 0.329 e. The van der Waals surface area contributed by atoms with Crippen molar-refractivity contribution in [2.24, 2.45) is 29.6 Å². The molecule has 1 heterocycles. The van der Waals surface area contributed by atoms with Gasteiger partial charge in [-0.25, -0.2) is 23.4 Å². The smallest absolute Gasteiger partial charge is 0.329 e. The van der Waals surface area contributed by atoms with Gasteiger partial charge in [0.2, 0.25) is 0 Å². The van der Waals surface area contributed by atoms with Crippen LogP contribution in [0.4, 0.5) is 0 Å². The second-order valence-corrected chi connectivity index (χ2v) is 10.7. The molecule has 1 aliphatic heterocycles. The molecule has 0 spiro atoms. The van der Waals surface area contributed by atoms with Gasteiger partial charge in [0.05, 0.1) is 18.3 Å². The fourth-order valence-electron chi connectivity index (χ4n) is 4.79. The molecule has 0 aromatic heterocycles. The molecule has 0 aromatic rings.